The van der Waals surface area contributed by atoms with E-state index in [1.165, 1.54) is 25.7 Å². The van der Waals surface area contributed by atoms with Crippen molar-refractivity contribution >= 4 is 27.4 Å². The van der Waals surface area contributed by atoms with E-state index in [2.05, 4.69) is 15.9 Å². The molecule has 1 saturated carbocycles. The van der Waals surface area contributed by atoms with Crippen LogP contribution in [0, 0.1) is 5.92 Å². The Kier molecular flexibility index (Phi) is 4.21. The van der Waals surface area contributed by atoms with Crippen molar-refractivity contribution in [3.63, 3.8) is 0 Å². The van der Waals surface area contributed by atoms with Crippen LogP contribution in [0.4, 0.5) is 5.69 Å². The van der Waals surface area contributed by atoms with Crippen LogP contribution in [0.3, 0.4) is 0 Å². The zero-order valence-electron chi connectivity index (χ0n) is 9.92. The van der Waals surface area contributed by atoms with Gasteiger partial charge in [0.05, 0.1) is 0 Å². The van der Waals surface area contributed by atoms with E-state index in [1.54, 1.807) is 6.07 Å². The summed E-state index contributed by atoms with van der Waals surface area (Å²) in [4.78, 5) is 12.4. The lowest BCUT2D eigenvalue weighted by molar-refractivity contribution is 0.0907. The standard InChI is InChI=1S/C14H18BrNO/c15-13-9-11(16)7-8-12(13)14(17)10-5-3-1-2-4-6-10/h7-10H,1-6,16H2. The molecule has 0 saturated heterocycles. The molecular formula is C14H18BrNO. The van der Waals surface area contributed by atoms with Crippen molar-refractivity contribution in [2.24, 2.45) is 5.92 Å². The molecule has 1 aromatic carbocycles. The van der Waals surface area contributed by atoms with E-state index >= 15 is 0 Å². The second-order valence-corrected chi connectivity index (χ2v) is 5.65. The first-order valence-corrected chi connectivity index (χ1v) is 7.07. The average Bonchev–Trinajstić information content (AvgIpc) is 2.56. The number of halogens is 1. The number of nitrogens with two attached hydrogens (primary N) is 1. The first kappa shape index (κ1) is 12.6. The van der Waals surface area contributed by atoms with Crippen LogP contribution >= 0.6 is 15.9 Å². The molecule has 2 N–H and O–H groups in total. The quantitative estimate of drug-likeness (QED) is 0.505. The Bertz CT molecular complexity index is 409. The number of carbonyl (C=O) groups excluding carboxylic acids is 1. The van der Waals surface area contributed by atoms with Gasteiger partial charge in [0.25, 0.3) is 0 Å². The number of rotatable bonds is 2. The molecule has 0 amide bonds. The first-order chi connectivity index (χ1) is 8.18. The van der Waals surface area contributed by atoms with Gasteiger partial charge in [-0.1, -0.05) is 25.7 Å². The molecule has 92 valence electrons. The largest absolute Gasteiger partial charge is 0.399 e. The minimum Gasteiger partial charge on any atom is -0.399 e. The molecule has 1 aliphatic rings. The smallest absolute Gasteiger partial charge is 0.167 e. The topological polar surface area (TPSA) is 43.1 Å². The summed E-state index contributed by atoms with van der Waals surface area (Å²) in [6, 6.07) is 5.45. The molecule has 0 unspecified atom stereocenters. The van der Waals surface area contributed by atoms with Crippen molar-refractivity contribution in [3.05, 3.63) is 28.2 Å². The number of Topliss-reactive ketones (excluding diaryl/α,β-unsaturated/α-hetero) is 1. The number of hydrogen-bond donors (Lipinski definition) is 1. The molecule has 1 fully saturated rings. The molecule has 0 aliphatic heterocycles. The Hall–Kier alpha value is -0.830. The Morgan fingerprint density at radius 1 is 1.18 bits per heavy atom. The van der Waals surface area contributed by atoms with E-state index in [1.807, 2.05) is 12.1 Å². The number of hydrogen-bond acceptors (Lipinski definition) is 2. The van der Waals surface area contributed by atoms with E-state index < -0.39 is 0 Å². The van der Waals surface area contributed by atoms with E-state index in [-0.39, 0.29) is 11.7 Å². The first-order valence-electron chi connectivity index (χ1n) is 6.27. The van der Waals surface area contributed by atoms with Crippen molar-refractivity contribution in [2.75, 3.05) is 5.73 Å². The minimum absolute atomic E-state index is 0.206. The summed E-state index contributed by atoms with van der Waals surface area (Å²) in [5.74, 6) is 0.483. The summed E-state index contributed by atoms with van der Waals surface area (Å²) in [6.45, 7) is 0. The summed E-state index contributed by atoms with van der Waals surface area (Å²) < 4.78 is 0.826. The highest BCUT2D eigenvalue weighted by Gasteiger charge is 2.22. The van der Waals surface area contributed by atoms with Crippen molar-refractivity contribution in [1.82, 2.24) is 0 Å². The number of carbonyl (C=O) groups is 1. The molecule has 0 spiro atoms. The normalized spacial score (nSPS) is 17.7. The molecule has 0 atom stereocenters. The highest BCUT2D eigenvalue weighted by atomic mass is 79.9. The molecule has 1 aliphatic carbocycles. The Morgan fingerprint density at radius 3 is 2.41 bits per heavy atom. The summed E-state index contributed by atoms with van der Waals surface area (Å²) in [5.41, 5.74) is 7.16. The number of nitrogen functional groups attached to an aromatic ring is 1. The fourth-order valence-electron chi connectivity index (χ4n) is 2.49. The SMILES string of the molecule is Nc1ccc(C(=O)C2CCCCCC2)c(Br)c1. The Morgan fingerprint density at radius 2 is 1.82 bits per heavy atom. The number of benzene rings is 1. The molecule has 17 heavy (non-hydrogen) atoms. The van der Waals surface area contributed by atoms with E-state index in [9.17, 15) is 4.79 Å². The fourth-order valence-corrected chi connectivity index (χ4v) is 3.08. The van der Waals surface area contributed by atoms with Gasteiger partial charge in [0.15, 0.2) is 5.78 Å². The summed E-state index contributed by atoms with van der Waals surface area (Å²) >= 11 is 3.43. The third kappa shape index (κ3) is 3.09. The molecule has 2 nitrogen and oxygen atoms in total. The zero-order valence-corrected chi connectivity index (χ0v) is 11.5. The lowest BCUT2D eigenvalue weighted by Gasteiger charge is -2.14. The molecule has 1 aromatic rings. The third-order valence-corrected chi connectivity index (χ3v) is 4.14. The van der Waals surface area contributed by atoms with Gasteiger partial charge in [-0.15, -0.1) is 0 Å². The van der Waals surface area contributed by atoms with Gasteiger partial charge in [-0.05, 0) is 47.0 Å². The molecular weight excluding hydrogens is 278 g/mol. The predicted molar refractivity (Wildman–Crippen MR) is 74.1 cm³/mol. The highest BCUT2D eigenvalue weighted by Crippen LogP contribution is 2.29. The highest BCUT2D eigenvalue weighted by molar-refractivity contribution is 9.10. The van der Waals surface area contributed by atoms with Crippen LogP contribution in [-0.2, 0) is 0 Å². The second kappa shape index (κ2) is 5.67. The Balaban J connectivity index is 2.17. The van der Waals surface area contributed by atoms with Gasteiger partial charge in [-0.2, -0.15) is 0 Å². The summed E-state index contributed by atoms with van der Waals surface area (Å²) in [6.07, 6.45) is 6.98. The van der Waals surface area contributed by atoms with E-state index in [0.717, 1.165) is 22.9 Å². The molecule has 0 heterocycles. The van der Waals surface area contributed by atoms with Crippen LogP contribution in [0.5, 0.6) is 0 Å². The third-order valence-electron chi connectivity index (χ3n) is 3.48. The zero-order chi connectivity index (χ0) is 12.3. The molecule has 0 bridgehead atoms. The van der Waals surface area contributed by atoms with Gasteiger partial charge in [-0.25, -0.2) is 0 Å². The van der Waals surface area contributed by atoms with Gasteiger partial charge in [0.2, 0.25) is 0 Å². The average molecular weight is 296 g/mol. The molecule has 0 aromatic heterocycles. The Labute approximate surface area is 111 Å². The molecule has 3 heteroatoms. The second-order valence-electron chi connectivity index (χ2n) is 4.79. The summed E-state index contributed by atoms with van der Waals surface area (Å²) in [5, 5.41) is 0. The van der Waals surface area contributed by atoms with Crippen LogP contribution in [0.2, 0.25) is 0 Å². The van der Waals surface area contributed by atoms with Crippen LogP contribution in [0.1, 0.15) is 48.9 Å². The van der Waals surface area contributed by atoms with E-state index in [4.69, 9.17) is 5.73 Å². The van der Waals surface area contributed by atoms with Gasteiger partial charge >= 0.3 is 0 Å². The number of ketones is 1. The minimum atomic E-state index is 0.206. The van der Waals surface area contributed by atoms with Gasteiger partial charge < -0.3 is 5.73 Å². The maximum Gasteiger partial charge on any atom is 0.167 e. The van der Waals surface area contributed by atoms with Crippen LogP contribution in [0.15, 0.2) is 22.7 Å². The fraction of sp³-hybridized carbons (Fsp3) is 0.500. The van der Waals surface area contributed by atoms with Crippen LogP contribution in [-0.4, -0.2) is 5.78 Å². The summed E-state index contributed by atoms with van der Waals surface area (Å²) in [7, 11) is 0. The maximum atomic E-state index is 12.4. The van der Waals surface area contributed by atoms with Gasteiger partial charge in [-0.3, -0.25) is 4.79 Å². The number of anilines is 1. The lowest BCUT2D eigenvalue weighted by Crippen LogP contribution is -2.14. The lowest BCUT2D eigenvalue weighted by atomic mass is 9.91. The van der Waals surface area contributed by atoms with Crippen molar-refractivity contribution < 1.29 is 4.79 Å². The monoisotopic (exact) mass is 295 g/mol. The molecule has 2 rings (SSSR count). The van der Waals surface area contributed by atoms with E-state index in [0.29, 0.717) is 5.69 Å². The predicted octanol–water partition coefficient (Wildman–Crippen LogP) is 4.18. The van der Waals surface area contributed by atoms with Crippen molar-refractivity contribution in [1.29, 1.82) is 0 Å². The van der Waals surface area contributed by atoms with Gasteiger partial charge in [0, 0.05) is 21.6 Å². The van der Waals surface area contributed by atoms with Crippen LogP contribution < -0.4 is 5.73 Å². The van der Waals surface area contributed by atoms with Gasteiger partial charge in [0.1, 0.15) is 0 Å². The molecule has 0 radical (unpaired) electrons. The van der Waals surface area contributed by atoms with Crippen LogP contribution in [0.25, 0.3) is 0 Å². The van der Waals surface area contributed by atoms with Crippen molar-refractivity contribution in [3.8, 4) is 0 Å². The maximum absolute atomic E-state index is 12.4. The van der Waals surface area contributed by atoms with Crippen molar-refractivity contribution in [2.45, 2.75) is 38.5 Å².